The van der Waals surface area contributed by atoms with Crippen molar-refractivity contribution in [3.63, 3.8) is 0 Å². The lowest BCUT2D eigenvalue weighted by Gasteiger charge is -2.23. The summed E-state index contributed by atoms with van der Waals surface area (Å²) < 4.78 is 1.12. The molecule has 0 saturated carbocycles. The average molecular weight is 514 g/mol. The molecule has 218 valence electrons. The molecule has 4 N–H and O–H groups in total. The lowest BCUT2D eigenvalue weighted by molar-refractivity contribution is -0.870. The number of hydrogen-bond donors (Lipinski definition) is 2. The Hall–Kier alpha value is -0.650. The summed E-state index contributed by atoms with van der Waals surface area (Å²) in [5, 5.41) is 10.0. The number of carbonyl (C=O) groups excluding carboxylic acids is 1. The van der Waals surface area contributed by atoms with Crippen molar-refractivity contribution in [2.24, 2.45) is 11.5 Å². The molecule has 0 saturated heterocycles. The monoisotopic (exact) mass is 514 g/mol. The van der Waals surface area contributed by atoms with Crippen molar-refractivity contribution in [2.45, 2.75) is 161 Å². The molecular weight excluding hydrogens is 446 g/mol. The van der Waals surface area contributed by atoms with Gasteiger partial charge in [0.05, 0.1) is 33.7 Å². The van der Waals surface area contributed by atoms with E-state index in [4.69, 9.17) is 11.5 Å². The lowest BCUT2D eigenvalue weighted by Crippen LogP contribution is -2.41. The molecule has 0 aliphatic carbocycles. The number of carboxylic acid groups (broad SMARTS) is 1. The highest BCUT2D eigenvalue weighted by Crippen LogP contribution is 2.15. The topological polar surface area (TPSA) is 92.2 Å². The van der Waals surface area contributed by atoms with Gasteiger partial charge in [0.1, 0.15) is 0 Å². The van der Waals surface area contributed by atoms with E-state index >= 15 is 0 Å². The summed E-state index contributed by atoms with van der Waals surface area (Å²) in [5.41, 5.74) is 10.3. The van der Waals surface area contributed by atoms with Crippen molar-refractivity contribution in [1.29, 1.82) is 0 Å². The van der Waals surface area contributed by atoms with Crippen LogP contribution in [0.4, 0.5) is 0 Å². The van der Waals surface area contributed by atoms with Crippen LogP contribution in [0.5, 0.6) is 0 Å². The molecule has 0 spiro atoms. The Kier molecular flexibility index (Phi) is 30.1. The second kappa shape index (κ2) is 28.9. The number of carbonyl (C=O) groups is 1. The van der Waals surface area contributed by atoms with E-state index in [-0.39, 0.29) is 0 Å². The van der Waals surface area contributed by atoms with Gasteiger partial charge in [-0.15, -0.1) is 0 Å². The fourth-order valence-corrected chi connectivity index (χ4v) is 4.47. The van der Waals surface area contributed by atoms with Gasteiger partial charge in [0.25, 0.3) is 0 Å². The molecule has 0 heterocycles. The van der Waals surface area contributed by atoms with Crippen LogP contribution in [-0.2, 0) is 4.79 Å². The van der Waals surface area contributed by atoms with Crippen LogP contribution in [0.15, 0.2) is 0 Å². The van der Waals surface area contributed by atoms with Crippen molar-refractivity contribution in [3.05, 3.63) is 0 Å². The predicted molar refractivity (Wildman–Crippen MR) is 157 cm³/mol. The molecule has 0 amide bonds. The normalized spacial score (nSPS) is 12.3. The molecule has 0 fully saturated rings. The quantitative estimate of drug-likeness (QED) is 0.0993. The largest absolute Gasteiger partial charge is 0.548 e. The second-order valence-corrected chi connectivity index (χ2v) is 11.9. The van der Waals surface area contributed by atoms with Crippen LogP contribution in [0.3, 0.4) is 0 Å². The Morgan fingerprint density at radius 1 is 0.611 bits per heavy atom. The summed E-state index contributed by atoms with van der Waals surface area (Å²) in [6.45, 7) is 4.22. The number of quaternary nitrogens is 1. The number of nitrogens with two attached hydrogens (primary N) is 2. The van der Waals surface area contributed by atoms with Crippen LogP contribution in [-0.4, -0.2) is 50.7 Å². The smallest absolute Gasteiger partial charge is 0.0780 e. The number of unbranched alkanes of at least 4 members (excludes halogenated alkanes) is 20. The van der Waals surface area contributed by atoms with E-state index in [1.165, 1.54) is 135 Å². The number of aliphatic carboxylic acids is 1. The third kappa shape index (κ3) is 35.5. The summed E-state index contributed by atoms with van der Waals surface area (Å²) >= 11 is 0. The van der Waals surface area contributed by atoms with E-state index in [9.17, 15) is 9.90 Å². The first kappa shape index (κ1) is 37.5. The molecule has 0 bridgehead atoms. The zero-order valence-electron chi connectivity index (χ0n) is 25.2. The van der Waals surface area contributed by atoms with Crippen LogP contribution < -0.4 is 16.6 Å². The summed E-state index contributed by atoms with van der Waals surface area (Å²) in [4.78, 5) is 10.0. The van der Waals surface area contributed by atoms with Crippen molar-refractivity contribution in [2.75, 3.05) is 34.2 Å². The fourth-order valence-electron chi connectivity index (χ4n) is 4.47. The van der Waals surface area contributed by atoms with Crippen LogP contribution in [0.2, 0.25) is 0 Å². The van der Waals surface area contributed by atoms with Gasteiger partial charge in [0.15, 0.2) is 0 Å². The number of carboxylic acids is 1. The highest BCUT2D eigenvalue weighted by molar-refractivity contribution is 5.70. The first-order chi connectivity index (χ1) is 17.2. The predicted octanol–water partition coefficient (Wildman–Crippen LogP) is 6.71. The first-order valence-corrected chi connectivity index (χ1v) is 15.7. The summed E-state index contributed by atoms with van der Waals surface area (Å²) in [5.74, 6) is -1.18. The van der Waals surface area contributed by atoms with Gasteiger partial charge in [-0.2, -0.15) is 0 Å². The van der Waals surface area contributed by atoms with E-state index in [2.05, 4.69) is 28.1 Å². The molecule has 0 aliphatic heterocycles. The number of hydrogen-bond acceptors (Lipinski definition) is 4. The van der Waals surface area contributed by atoms with E-state index < -0.39 is 12.0 Å². The van der Waals surface area contributed by atoms with Crippen LogP contribution in [0.1, 0.15) is 155 Å². The highest BCUT2D eigenvalue weighted by Gasteiger charge is 2.05. The van der Waals surface area contributed by atoms with Crippen molar-refractivity contribution in [1.82, 2.24) is 0 Å². The van der Waals surface area contributed by atoms with Gasteiger partial charge in [-0.1, -0.05) is 129 Å². The minimum Gasteiger partial charge on any atom is -0.548 e. The Labute approximate surface area is 226 Å². The Balaban J connectivity index is 0. The molecule has 1 atom stereocenters. The van der Waals surface area contributed by atoms with Gasteiger partial charge in [0.2, 0.25) is 0 Å². The standard InChI is InChI=1S/C25H54N.C6H14N2O2/c1-5-6-7-8-9-10-11-12-13-14-15-16-17-18-19-20-21-22-23-24-25-26(2,3)4;7-4-2-1-3-5(8)6(9)10/h5-25H2,1-4H3;5H,1-4,7-8H2,(H,9,10)/q+1;/p-1. The maximum Gasteiger partial charge on any atom is 0.0780 e. The number of rotatable bonds is 26. The average Bonchev–Trinajstić information content (AvgIpc) is 2.82. The third-order valence-electron chi connectivity index (χ3n) is 6.95. The van der Waals surface area contributed by atoms with E-state index in [0.29, 0.717) is 13.0 Å². The Bertz CT molecular complexity index is 438. The molecule has 0 radical (unpaired) electrons. The second-order valence-electron chi connectivity index (χ2n) is 11.9. The Morgan fingerprint density at radius 3 is 1.22 bits per heavy atom. The summed E-state index contributed by atoms with van der Waals surface area (Å²) in [6.07, 6.45) is 31.4. The minimum atomic E-state index is -1.18. The van der Waals surface area contributed by atoms with Crippen LogP contribution in [0.25, 0.3) is 0 Å². The molecule has 0 aliphatic rings. The van der Waals surface area contributed by atoms with Gasteiger partial charge in [-0.05, 0) is 32.2 Å². The van der Waals surface area contributed by atoms with E-state index in [0.717, 1.165) is 17.3 Å². The van der Waals surface area contributed by atoms with Gasteiger partial charge in [-0.3, -0.25) is 0 Å². The van der Waals surface area contributed by atoms with Crippen LogP contribution in [0, 0.1) is 0 Å². The minimum absolute atomic E-state index is 0.458. The fraction of sp³-hybridized carbons (Fsp3) is 0.968. The first-order valence-electron chi connectivity index (χ1n) is 15.7. The molecule has 36 heavy (non-hydrogen) atoms. The van der Waals surface area contributed by atoms with Gasteiger partial charge in [-0.25, -0.2) is 0 Å². The molecule has 1 unspecified atom stereocenters. The zero-order valence-corrected chi connectivity index (χ0v) is 25.2. The zero-order chi connectivity index (χ0) is 27.3. The number of nitrogens with zero attached hydrogens (tertiary/aromatic N) is 1. The van der Waals surface area contributed by atoms with Gasteiger partial charge in [0, 0.05) is 6.04 Å². The van der Waals surface area contributed by atoms with Crippen molar-refractivity contribution < 1.29 is 14.4 Å². The highest BCUT2D eigenvalue weighted by atomic mass is 16.4. The lowest BCUT2D eigenvalue weighted by atomic mass is 10.0. The Morgan fingerprint density at radius 2 is 0.944 bits per heavy atom. The molecular formula is C31H67N3O2. The molecule has 0 aromatic rings. The van der Waals surface area contributed by atoms with Crippen molar-refractivity contribution in [3.8, 4) is 0 Å². The molecule has 0 aromatic carbocycles. The molecule has 0 rings (SSSR count). The van der Waals surface area contributed by atoms with Gasteiger partial charge >= 0.3 is 0 Å². The maximum absolute atomic E-state index is 10.0. The van der Waals surface area contributed by atoms with E-state index in [1.807, 2.05) is 0 Å². The third-order valence-corrected chi connectivity index (χ3v) is 6.95. The maximum atomic E-state index is 10.0. The van der Waals surface area contributed by atoms with Gasteiger partial charge < -0.3 is 25.9 Å². The SMILES string of the molecule is CCCCCCCCCCCCCCCCCCCCCC[N+](C)(C)C.NCCCCC(N)C(=O)[O-]. The van der Waals surface area contributed by atoms with E-state index in [1.54, 1.807) is 0 Å². The molecule has 5 heteroatoms. The molecule has 0 aromatic heterocycles. The van der Waals surface area contributed by atoms with Crippen molar-refractivity contribution >= 4 is 5.97 Å². The molecule has 5 nitrogen and oxygen atoms in total. The van der Waals surface area contributed by atoms with Crippen LogP contribution >= 0.6 is 0 Å². The summed E-state index contributed by atoms with van der Waals surface area (Å²) in [7, 11) is 6.90. The summed E-state index contributed by atoms with van der Waals surface area (Å²) in [6, 6.07) is -0.827.